The molecule has 78 valence electrons. The monoisotopic (exact) mass is 187 g/mol. The predicted octanol–water partition coefficient (Wildman–Crippen LogP) is 2.76. The van der Waals surface area contributed by atoms with E-state index in [-0.39, 0.29) is 6.67 Å². The highest BCUT2D eigenvalue weighted by molar-refractivity contribution is 4.79. The van der Waals surface area contributed by atoms with Gasteiger partial charge in [-0.1, -0.05) is 13.8 Å². The topological polar surface area (TPSA) is 12.0 Å². The van der Waals surface area contributed by atoms with Crippen LogP contribution in [-0.4, -0.2) is 19.3 Å². The van der Waals surface area contributed by atoms with Crippen LogP contribution in [0.15, 0.2) is 0 Å². The molecule has 2 heteroatoms. The summed E-state index contributed by atoms with van der Waals surface area (Å²) in [7, 11) is 0. The molecule has 0 aliphatic heterocycles. The molecule has 0 aromatic heterocycles. The number of hydrogen-bond donors (Lipinski definition) is 1. The maximum atomic E-state index is 11.8. The van der Waals surface area contributed by atoms with Crippen molar-refractivity contribution in [2.75, 3.05) is 13.2 Å². The normalized spacial score (nSPS) is 34.8. The van der Waals surface area contributed by atoms with E-state index in [4.69, 9.17) is 0 Å². The average Bonchev–Trinajstić information content (AvgIpc) is 2.12. The number of halogens is 1. The Kier molecular flexibility index (Phi) is 4.71. The maximum absolute atomic E-state index is 11.8. The van der Waals surface area contributed by atoms with Crippen LogP contribution in [0, 0.1) is 11.8 Å². The smallest absolute Gasteiger partial charge is 0.0906 e. The van der Waals surface area contributed by atoms with E-state index in [0.29, 0.717) is 12.5 Å². The van der Waals surface area contributed by atoms with Crippen LogP contribution >= 0.6 is 0 Å². The van der Waals surface area contributed by atoms with Gasteiger partial charge in [0.1, 0.15) is 0 Å². The lowest BCUT2D eigenvalue weighted by molar-refractivity contribution is 0.225. The summed E-state index contributed by atoms with van der Waals surface area (Å²) in [5, 5.41) is 3.43. The number of nitrogens with one attached hydrogen (secondary N) is 1. The van der Waals surface area contributed by atoms with E-state index in [1.54, 1.807) is 0 Å². The molecule has 0 bridgehead atoms. The Bertz CT molecular complexity index is 138. The lowest BCUT2D eigenvalue weighted by Crippen LogP contribution is -2.36. The molecule has 3 unspecified atom stereocenters. The minimum absolute atomic E-state index is 0.189. The zero-order valence-corrected chi connectivity index (χ0v) is 8.85. The van der Waals surface area contributed by atoms with E-state index >= 15 is 0 Å². The molecule has 0 amide bonds. The second-order valence-corrected chi connectivity index (χ2v) is 4.46. The van der Waals surface area contributed by atoms with Crippen LogP contribution in [0.1, 0.15) is 39.5 Å². The fourth-order valence-electron chi connectivity index (χ4n) is 2.11. The van der Waals surface area contributed by atoms with Gasteiger partial charge in [0.25, 0.3) is 0 Å². The summed E-state index contributed by atoms with van der Waals surface area (Å²) in [4.78, 5) is 0. The van der Waals surface area contributed by atoms with Crippen molar-refractivity contribution in [1.82, 2.24) is 5.32 Å². The molecule has 0 heterocycles. The zero-order valence-electron chi connectivity index (χ0n) is 8.85. The molecular weight excluding hydrogens is 165 g/mol. The molecule has 13 heavy (non-hydrogen) atoms. The summed E-state index contributed by atoms with van der Waals surface area (Å²) in [6.07, 6.45) is 4.54. The summed E-state index contributed by atoms with van der Waals surface area (Å²) >= 11 is 0. The van der Waals surface area contributed by atoms with Gasteiger partial charge in [0.15, 0.2) is 0 Å². The molecule has 0 spiro atoms. The lowest BCUT2D eigenvalue weighted by Gasteiger charge is -2.32. The third kappa shape index (κ3) is 3.63. The molecule has 1 fully saturated rings. The first-order valence-electron chi connectivity index (χ1n) is 5.53. The largest absolute Gasteiger partial charge is 0.314 e. The molecule has 0 aromatic rings. The minimum Gasteiger partial charge on any atom is -0.314 e. The van der Waals surface area contributed by atoms with Gasteiger partial charge in [-0.3, -0.25) is 4.39 Å². The van der Waals surface area contributed by atoms with E-state index in [9.17, 15) is 4.39 Å². The maximum Gasteiger partial charge on any atom is 0.0906 e. The van der Waals surface area contributed by atoms with Gasteiger partial charge in [0.05, 0.1) is 6.67 Å². The molecule has 0 radical (unpaired) electrons. The van der Waals surface area contributed by atoms with Crippen molar-refractivity contribution in [3.63, 3.8) is 0 Å². The van der Waals surface area contributed by atoms with Crippen LogP contribution in [-0.2, 0) is 0 Å². The minimum atomic E-state index is -0.189. The first-order chi connectivity index (χ1) is 6.24. The molecule has 1 saturated carbocycles. The molecule has 0 saturated heterocycles. The fraction of sp³-hybridized carbons (Fsp3) is 1.00. The predicted molar refractivity (Wildman–Crippen MR) is 54.6 cm³/mol. The average molecular weight is 187 g/mol. The molecule has 1 N–H and O–H groups in total. The third-order valence-electron chi connectivity index (χ3n) is 3.34. The second-order valence-electron chi connectivity index (χ2n) is 4.46. The van der Waals surface area contributed by atoms with Crippen LogP contribution in [0.4, 0.5) is 4.39 Å². The number of hydrogen-bond acceptors (Lipinski definition) is 1. The van der Waals surface area contributed by atoms with Crippen molar-refractivity contribution < 1.29 is 4.39 Å². The third-order valence-corrected chi connectivity index (χ3v) is 3.34. The Hall–Kier alpha value is -0.110. The Balaban J connectivity index is 2.14. The highest BCUT2D eigenvalue weighted by atomic mass is 19.1. The lowest BCUT2D eigenvalue weighted by atomic mass is 9.79. The van der Waals surface area contributed by atoms with Crippen LogP contribution in [0.3, 0.4) is 0 Å². The van der Waals surface area contributed by atoms with Gasteiger partial charge in [-0.25, -0.2) is 0 Å². The van der Waals surface area contributed by atoms with Crippen LogP contribution in [0.5, 0.6) is 0 Å². The standard InChI is InChI=1S/C11H22FN/c1-9-4-5-11(8-10(9)2)13-7-3-6-12/h9-11,13H,3-8H2,1-2H3. The van der Waals surface area contributed by atoms with Gasteiger partial charge in [0.2, 0.25) is 0 Å². The van der Waals surface area contributed by atoms with Gasteiger partial charge in [-0.15, -0.1) is 0 Å². The summed E-state index contributed by atoms with van der Waals surface area (Å²) in [5.74, 6) is 1.70. The molecule has 1 nitrogen and oxygen atoms in total. The van der Waals surface area contributed by atoms with Crippen molar-refractivity contribution in [2.45, 2.75) is 45.6 Å². The summed E-state index contributed by atoms with van der Waals surface area (Å²) < 4.78 is 11.8. The van der Waals surface area contributed by atoms with E-state index in [0.717, 1.165) is 18.4 Å². The fourth-order valence-corrected chi connectivity index (χ4v) is 2.11. The summed E-state index contributed by atoms with van der Waals surface area (Å²) in [5.41, 5.74) is 0. The summed E-state index contributed by atoms with van der Waals surface area (Å²) in [6.45, 7) is 5.32. The van der Waals surface area contributed by atoms with Crippen molar-refractivity contribution >= 4 is 0 Å². The van der Waals surface area contributed by atoms with E-state index in [1.165, 1.54) is 19.3 Å². The Morgan fingerprint density at radius 2 is 2.00 bits per heavy atom. The van der Waals surface area contributed by atoms with Crippen LogP contribution in [0.2, 0.25) is 0 Å². The molecule has 3 atom stereocenters. The van der Waals surface area contributed by atoms with Crippen molar-refractivity contribution in [3.8, 4) is 0 Å². The highest BCUT2D eigenvalue weighted by Gasteiger charge is 2.23. The SMILES string of the molecule is CC1CCC(NCCCF)CC1C. The second kappa shape index (κ2) is 5.58. The first kappa shape index (κ1) is 11.0. The molecule has 1 aliphatic rings. The quantitative estimate of drug-likeness (QED) is 0.667. The molecule has 1 rings (SSSR count). The van der Waals surface area contributed by atoms with Crippen LogP contribution in [0.25, 0.3) is 0 Å². The van der Waals surface area contributed by atoms with Gasteiger partial charge < -0.3 is 5.32 Å². The Morgan fingerprint density at radius 1 is 1.23 bits per heavy atom. The first-order valence-corrected chi connectivity index (χ1v) is 5.53. The Morgan fingerprint density at radius 3 is 2.62 bits per heavy atom. The van der Waals surface area contributed by atoms with Gasteiger partial charge in [0, 0.05) is 6.04 Å². The Labute approximate surface area is 81.1 Å². The number of rotatable bonds is 4. The van der Waals surface area contributed by atoms with Gasteiger partial charge >= 0.3 is 0 Å². The summed E-state index contributed by atoms with van der Waals surface area (Å²) in [6, 6.07) is 0.651. The molecule has 0 aromatic carbocycles. The number of alkyl halides is 1. The molecule has 1 aliphatic carbocycles. The van der Waals surface area contributed by atoms with Crippen molar-refractivity contribution in [2.24, 2.45) is 11.8 Å². The van der Waals surface area contributed by atoms with Gasteiger partial charge in [-0.05, 0) is 44.1 Å². The van der Waals surface area contributed by atoms with E-state index in [2.05, 4.69) is 19.2 Å². The van der Waals surface area contributed by atoms with Crippen LogP contribution < -0.4 is 5.32 Å². The highest BCUT2D eigenvalue weighted by Crippen LogP contribution is 2.29. The van der Waals surface area contributed by atoms with Crippen molar-refractivity contribution in [3.05, 3.63) is 0 Å². The van der Waals surface area contributed by atoms with Gasteiger partial charge in [-0.2, -0.15) is 0 Å². The van der Waals surface area contributed by atoms with E-state index in [1.807, 2.05) is 0 Å². The molecular formula is C11H22FN. The van der Waals surface area contributed by atoms with Crippen molar-refractivity contribution in [1.29, 1.82) is 0 Å². The van der Waals surface area contributed by atoms with E-state index < -0.39 is 0 Å². The zero-order chi connectivity index (χ0) is 9.68.